The van der Waals surface area contributed by atoms with E-state index < -0.39 is 23.5 Å². The Bertz CT molecular complexity index is 1370. The Morgan fingerprint density at radius 2 is 1.76 bits per heavy atom. The summed E-state index contributed by atoms with van der Waals surface area (Å²) in [5.74, 6) is -1.01. The number of anilines is 1. The summed E-state index contributed by atoms with van der Waals surface area (Å²) in [5, 5.41) is 31.0. The summed E-state index contributed by atoms with van der Waals surface area (Å²) in [6.07, 6.45) is 0. The molecular formula is C24H17N3O4S3. The smallest absolute Gasteiger partial charge is 0.296 e. The van der Waals surface area contributed by atoms with E-state index in [1.54, 1.807) is 29.6 Å². The van der Waals surface area contributed by atoms with Crippen LogP contribution in [-0.4, -0.2) is 32.1 Å². The highest BCUT2D eigenvalue weighted by Gasteiger charge is 2.46. The number of aliphatic hydroxyl groups excluding tert-OH is 1. The molecule has 2 aromatic carbocycles. The van der Waals surface area contributed by atoms with Gasteiger partial charge in [0.25, 0.3) is 5.91 Å². The van der Waals surface area contributed by atoms with Crippen molar-refractivity contribution in [1.29, 1.82) is 0 Å². The van der Waals surface area contributed by atoms with Gasteiger partial charge < -0.3 is 10.2 Å². The van der Waals surface area contributed by atoms with Gasteiger partial charge in [-0.1, -0.05) is 71.6 Å². The summed E-state index contributed by atoms with van der Waals surface area (Å²) in [6.45, 7) is 0. The van der Waals surface area contributed by atoms with Gasteiger partial charge in [0.1, 0.15) is 5.75 Å². The van der Waals surface area contributed by atoms with Crippen LogP contribution in [0.2, 0.25) is 0 Å². The van der Waals surface area contributed by atoms with Crippen LogP contribution in [0.25, 0.3) is 0 Å². The van der Waals surface area contributed by atoms with E-state index in [0.29, 0.717) is 20.5 Å². The number of hydrogen-bond donors (Lipinski definition) is 2. The van der Waals surface area contributed by atoms with Crippen LogP contribution in [-0.2, 0) is 10.5 Å². The van der Waals surface area contributed by atoms with Crippen LogP contribution < -0.4 is 4.90 Å². The van der Waals surface area contributed by atoms with E-state index in [0.717, 1.165) is 5.56 Å². The topological polar surface area (TPSA) is 104 Å². The van der Waals surface area contributed by atoms with Gasteiger partial charge in [0.05, 0.1) is 16.5 Å². The number of thioether (sulfide) groups is 1. The van der Waals surface area contributed by atoms with E-state index >= 15 is 0 Å². The highest BCUT2D eigenvalue weighted by atomic mass is 32.2. The van der Waals surface area contributed by atoms with Crippen molar-refractivity contribution in [2.24, 2.45) is 0 Å². The zero-order valence-corrected chi connectivity index (χ0v) is 19.9. The molecule has 2 aromatic heterocycles. The Morgan fingerprint density at radius 3 is 2.47 bits per heavy atom. The van der Waals surface area contributed by atoms with Crippen molar-refractivity contribution in [3.05, 3.63) is 99.4 Å². The predicted octanol–water partition coefficient (Wildman–Crippen LogP) is 5.38. The quantitative estimate of drug-likeness (QED) is 0.197. The van der Waals surface area contributed by atoms with Crippen LogP contribution >= 0.6 is 34.4 Å². The number of benzene rings is 2. The van der Waals surface area contributed by atoms with Gasteiger partial charge in [0, 0.05) is 5.75 Å². The van der Waals surface area contributed by atoms with Gasteiger partial charge in [-0.3, -0.25) is 14.5 Å². The first kappa shape index (κ1) is 22.3. The lowest BCUT2D eigenvalue weighted by molar-refractivity contribution is -0.117. The maximum atomic E-state index is 13.3. The molecule has 4 aromatic rings. The van der Waals surface area contributed by atoms with E-state index in [-0.39, 0.29) is 16.5 Å². The fourth-order valence-corrected chi connectivity index (χ4v) is 6.13. The Morgan fingerprint density at radius 1 is 1.00 bits per heavy atom. The molecule has 1 atom stereocenters. The number of phenols is 1. The number of carbonyl (C=O) groups excluding carboxylic acids is 2. The molecule has 7 nitrogen and oxygen atoms in total. The van der Waals surface area contributed by atoms with Gasteiger partial charge in [-0.15, -0.1) is 21.5 Å². The number of rotatable bonds is 7. The second-order valence-corrected chi connectivity index (χ2v) is 10.5. The molecule has 0 radical (unpaired) electrons. The van der Waals surface area contributed by atoms with Gasteiger partial charge in [-0.05, 0) is 34.7 Å². The van der Waals surface area contributed by atoms with Crippen molar-refractivity contribution >= 4 is 51.3 Å². The molecule has 0 saturated carbocycles. The molecule has 1 aliphatic rings. The van der Waals surface area contributed by atoms with Crippen LogP contribution in [0.3, 0.4) is 0 Å². The average Bonchev–Trinajstić information content (AvgIpc) is 3.60. The van der Waals surface area contributed by atoms with Gasteiger partial charge in [-0.25, -0.2) is 0 Å². The summed E-state index contributed by atoms with van der Waals surface area (Å²) in [7, 11) is 0. The summed E-state index contributed by atoms with van der Waals surface area (Å²) in [4.78, 5) is 28.2. The van der Waals surface area contributed by atoms with Gasteiger partial charge in [-0.2, -0.15) is 0 Å². The van der Waals surface area contributed by atoms with Gasteiger partial charge in [0.2, 0.25) is 10.9 Å². The Balaban J connectivity index is 1.50. The van der Waals surface area contributed by atoms with Crippen molar-refractivity contribution in [3.63, 3.8) is 0 Å². The molecule has 2 N–H and O–H groups in total. The van der Waals surface area contributed by atoms with Crippen LogP contribution in [0, 0.1) is 0 Å². The molecule has 0 saturated heterocycles. The Kier molecular flexibility index (Phi) is 6.18. The summed E-state index contributed by atoms with van der Waals surface area (Å²) >= 11 is 3.94. The number of Topliss-reactive ketones (excluding diaryl/α,β-unsaturated/α-hetero) is 1. The molecule has 34 heavy (non-hydrogen) atoms. The van der Waals surface area contributed by atoms with Gasteiger partial charge in [0.15, 0.2) is 10.1 Å². The molecular weight excluding hydrogens is 490 g/mol. The van der Waals surface area contributed by atoms with Crippen molar-refractivity contribution in [1.82, 2.24) is 10.2 Å². The summed E-state index contributed by atoms with van der Waals surface area (Å²) < 4.78 is 0.661. The first-order valence-corrected chi connectivity index (χ1v) is 12.8. The van der Waals surface area contributed by atoms with Crippen LogP contribution in [0.15, 0.2) is 87.8 Å². The third kappa shape index (κ3) is 4.23. The minimum absolute atomic E-state index is 0.0215. The van der Waals surface area contributed by atoms with Crippen molar-refractivity contribution in [3.8, 4) is 5.75 Å². The molecule has 1 aliphatic heterocycles. The number of ketones is 1. The molecule has 0 bridgehead atoms. The zero-order valence-electron chi connectivity index (χ0n) is 17.5. The highest BCUT2D eigenvalue weighted by molar-refractivity contribution is 8.00. The number of nitrogens with zero attached hydrogens (tertiary/aromatic N) is 3. The lowest BCUT2D eigenvalue weighted by Crippen LogP contribution is -2.30. The molecule has 0 spiro atoms. The first-order valence-electron chi connectivity index (χ1n) is 10.2. The zero-order chi connectivity index (χ0) is 23.7. The van der Waals surface area contributed by atoms with Crippen LogP contribution in [0.5, 0.6) is 5.75 Å². The largest absolute Gasteiger partial charge is 0.508 e. The third-order valence-electron chi connectivity index (χ3n) is 5.21. The maximum Gasteiger partial charge on any atom is 0.296 e. The molecule has 5 rings (SSSR count). The monoisotopic (exact) mass is 507 g/mol. The lowest BCUT2D eigenvalue weighted by atomic mass is 9.95. The number of aromatic hydroxyl groups is 1. The Hall–Kier alpha value is -3.47. The number of aliphatic hydroxyl groups is 1. The maximum absolute atomic E-state index is 13.3. The normalized spacial score (nSPS) is 15.8. The number of carbonyl (C=O) groups is 2. The number of phenolic OH excluding ortho intramolecular Hbond substituents is 1. The fraction of sp³-hybridized carbons (Fsp3) is 0.0833. The van der Waals surface area contributed by atoms with Crippen molar-refractivity contribution in [2.75, 3.05) is 4.90 Å². The number of thiophene rings is 1. The minimum Gasteiger partial charge on any atom is -0.508 e. The van der Waals surface area contributed by atoms with E-state index in [2.05, 4.69) is 10.2 Å². The number of aromatic nitrogens is 2. The second-order valence-electron chi connectivity index (χ2n) is 7.36. The minimum atomic E-state index is -0.900. The molecule has 170 valence electrons. The SMILES string of the molecule is O=C(C1=C(O)C(=O)N(c2nnc(SCc3ccccc3)s2)[C@@H]1c1ccc(O)cc1)c1cccs1. The molecule has 0 aliphatic carbocycles. The molecule has 1 amide bonds. The fourth-order valence-electron chi connectivity index (χ4n) is 3.62. The first-order chi connectivity index (χ1) is 16.5. The standard InChI is InChI=1S/C24H17N3O4S3/c28-16-10-8-15(9-11-16)19-18(20(29)17-7-4-12-32-17)21(30)22(31)27(19)23-25-26-24(34-23)33-13-14-5-2-1-3-6-14/h1-12,19,28,30H,13H2/t19-/m1/s1. The van der Waals surface area contributed by atoms with E-state index in [4.69, 9.17) is 0 Å². The molecule has 0 unspecified atom stereocenters. The molecule has 10 heteroatoms. The second kappa shape index (κ2) is 9.41. The highest BCUT2D eigenvalue weighted by Crippen LogP contribution is 2.44. The predicted molar refractivity (Wildman–Crippen MR) is 133 cm³/mol. The number of amides is 1. The summed E-state index contributed by atoms with van der Waals surface area (Å²) in [6, 6.07) is 18.6. The molecule has 3 heterocycles. The lowest BCUT2D eigenvalue weighted by Gasteiger charge is -2.24. The molecule has 0 fully saturated rings. The van der Waals surface area contributed by atoms with E-state index in [1.807, 2.05) is 30.3 Å². The summed E-state index contributed by atoms with van der Waals surface area (Å²) in [5.41, 5.74) is 1.67. The van der Waals surface area contributed by atoms with Crippen molar-refractivity contribution in [2.45, 2.75) is 16.1 Å². The van der Waals surface area contributed by atoms with Gasteiger partial charge >= 0.3 is 0 Å². The van der Waals surface area contributed by atoms with E-state index in [1.165, 1.54) is 51.5 Å². The van der Waals surface area contributed by atoms with Crippen LogP contribution in [0.4, 0.5) is 5.13 Å². The van der Waals surface area contributed by atoms with Crippen molar-refractivity contribution < 1.29 is 19.8 Å². The number of hydrogen-bond acceptors (Lipinski definition) is 9. The van der Waals surface area contributed by atoms with E-state index in [9.17, 15) is 19.8 Å². The average molecular weight is 508 g/mol. The third-order valence-corrected chi connectivity index (χ3v) is 8.21. The Labute approximate surface area is 207 Å². The van der Waals surface area contributed by atoms with Crippen LogP contribution in [0.1, 0.15) is 26.8 Å².